The molecule has 0 aliphatic rings. The average molecular weight is 178 g/mol. The molecule has 0 saturated carbocycles. The molecule has 0 atom stereocenters. The summed E-state index contributed by atoms with van der Waals surface area (Å²) < 4.78 is 38.3. The molecule has 0 N–H and O–H groups in total. The quantitative estimate of drug-likeness (QED) is 0.482. The maximum Gasteiger partial charge on any atom is 1.00 e. The molecule has 6 heteroatoms. The van der Waals surface area contributed by atoms with E-state index < -0.39 is 6.98 Å². The second-order valence-electron chi connectivity index (χ2n) is 1.51. The number of halogens is 3. The van der Waals surface area contributed by atoms with Gasteiger partial charge in [0.1, 0.15) is 0 Å². The van der Waals surface area contributed by atoms with Crippen molar-refractivity contribution < 1.29 is 69.1 Å². The van der Waals surface area contributed by atoms with Gasteiger partial charge in [-0.15, -0.1) is 5.98 Å². The van der Waals surface area contributed by atoms with Crippen LogP contribution in [0.5, 0.6) is 0 Å². The molecule has 0 radical (unpaired) electrons. The van der Waals surface area contributed by atoms with Gasteiger partial charge in [0.15, 0.2) is 0 Å². The van der Waals surface area contributed by atoms with Gasteiger partial charge in [-0.1, -0.05) is 6.08 Å². The van der Waals surface area contributed by atoms with Crippen molar-refractivity contribution in [3.63, 3.8) is 0 Å². The van der Waals surface area contributed by atoms with E-state index in [1.54, 1.807) is 0 Å². The normalized spacial score (nSPS) is 11.6. The van der Waals surface area contributed by atoms with E-state index in [-0.39, 0.29) is 64.0 Å². The first kappa shape index (κ1) is 13.8. The van der Waals surface area contributed by atoms with E-state index in [1.807, 2.05) is 0 Å². The fraction of sp³-hybridized carbons (Fsp3) is 0.500. The molecular formula is C4H7BF3KO. The fourth-order valence-electron chi connectivity index (χ4n) is 0.306. The zero-order valence-electron chi connectivity index (χ0n) is 5.98. The van der Waals surface area contributed by atoms with Crippen molar-refractivity contribution in [1.29, 1.82) is 0 Å². The minimum Gasteiger partial charge on any atom is -0.445 e. The van der Waals surface area contributed by atoms with Crippen molar-refractivity contribution in [1.82, 2.24) is 0 Å². The number of methoxy groups -OCH3 is 1. The zero-order valence-corrected chi connectivity index (χ0v) is 9.10. The standard InChI is InChI=1S/C4H7BF3O.K/c1-9-4-2-3-5(6,7)8;/h2-3H,4H2,1H3;/q-1;+1. The van der Waals surface area contributed by atoms with Crippen molar-refractivity contribution >= 4 is 6.98 Å². The van der Waals surface area contributed by atoms with E-state index in [9.17, 15) is 12.9 Å². The van der Waals surface area contributed by atoms with E-state index >= 15 is 0 Å². The van der Waals surface area contributed by atoms with Crippen LogP contribution in [0.2, 0.25) is 0 Å². The predicted molar refractivity (Wildman–Crippen MR) is 30.1 cm³/mol. The molecular weight excluding hydrogens is 171 g/mol. The first-order valence-corrected chi connectivity index (χ1v) is 2.43. The number of rotatable bonds is 3. The van der Waals surface area contributed by atoms with Crippen molar-refractivity contribution in [3.8, 4) is 0 Å². The first-order chi connectivity index (χ1) is 4.06. The van der Waals surface area contributed by atoms with E-state index in [4.69, 9.17) is 0 Å². The minimum atomic E-state index is -4.77. The van der Waals surface area contributed by atoms with Crippen LogP contribution in [-0.2, 0) is 4.74 Å². The fourth-order valence-corrected chi connectivity index (χ4v) is 0.306. The van der Waals surface area contributed by atoms with Gasteiger partial charge in [0.25, 0.3) is 0 Å². The van der Waals surface area contributed by atoms with Crippen LogP contribution in [0.15, 0.2) is 12.1 Å². The van der Waals surface area contributed by atoms with Gasteiger partial charge in [-0.05, 0) is 0 Å². The van der Waals surface area contributed by atoms with Gasteiger partial charge in [-0.3, -0.25) is 0 Å². The Kier molecular flexibility index (Phi) is 9.46. The van der Waals surface area contributed by atoms with Gasteiger partial charge in [0, 0.05) is 7.11 Å². The Morgan fingerprint density at radius 2 is 1.90 bits per heavy atom. The summed E-state index contributed by atoms with van der Waals surface area (Å²) in [5.74, 6) is 0.212. The zero-order chi connectivity index (χ0) is 7.33. The maximum atomic E-state index is 11.3. The molecule has 0 aromatic carbocycles. The molecule has 0 saturated heterocycles. The van der Waals surface area contributed by atoms with Gasteiger partial charge < -0.3 is 17.7 Å². The van der Waals surface area contributed by atoms with Crippen molar-refractivity contribution in [3.05, 3.63) is 12.1 Å². The third-order valence-electron chi connectivity index (χ3n) is 0.617. The van der Waals surface area contributed by atoms with Crippen LogP contribution in [0.4, 0.5) is 12.9 Å². The van der Waals surface area contributed by atoms with Crippen molar-refractivity contribution in [2.45, 2.75) is 0 Å². The van der Waals surface area contributed by atoms with Gasteiger partial charge in [-0.2, -0.15) is 0 Å². The molecule has 0 spiro atoms. The molecule has 0 aromatic heterocycles. The third kappa shape index (κ3) is 11.9. The molecule has 0 heterocycles. The van der Waals surface area contributed by atoms with Crippen LogP contribution >= 0.6 is 0 Å². The second-order valence-corrected chi connectivity index (χ2v) is 1.51. The Bertz CT molecular complexity index is 103. The summed E-state index contributed by atoms with van der Waals surface area (Å²) in [6.07, 6.45) is 0.944. The first-order valence-electron chi connectivity index (χ1n) is 2.43. The maximum absolute atomic E-state index is 11.3. The van der Waals surface area contributed by atoms with Crippen LogP contribution in [-0.4, -0.2) is 20.7 Å². The predicted octanol–water partition coefficient (Wildman–Crippen LogP) is -1.42. The molecule has 0 aromatic rings. The Balaban J connectivity index is 0. The summed E-state index contributed by atoms with van der Waals surface area (Å²) in [5, 5.41) is 0. The molecule has 10 heavy (non-hydrogen) atoms. The smallest absolute Gasteiger partial charge is 0.445 e. The molecule has 0 bridgehead atoms. The summed E-state index contributed by atoms with van der Waals surface area (Å²) in [6.45, 7) is -4.76. The molecule has 0 fully saturated rings. The molecule has 0 aliphatic carbocycles. The van der Waals surface area contributed by atoms with Crippen molar-refractivity contribution in [2.24, 2.45) is 0 Å². The molecule has 0 aliphatic heterocycles. The van der Waals surface area contributed by atoms with E-state index in [0.717, 1.165) is 6.08 Å². The Morgan fingerprint density at radius 3 is 2.20 bits per heavy atom. The second kappa shape index (κ2) is 6.87. The molecule has 0 amide bonds. The number of hydrogen-bond donors (Lipinski definition) is 0. The van der Waals surface area contributed by atoms with Gasteiger partial charge in [0.2, 0.25) is 0 Å². The Morgan fingerprint density at radius 1 is 1.40 bits per heavy atom. The van der Waals surface area contributed by atoms with E-state index in [1.165, 1.54) is 7.11 Å². The summed E-state index contributed by atoms with van der Waals surface area (Å²) in [6, 6.07) is 0. The largest absolute Gasteiger partial charge is 1.00 e. The third-order valence-corrected chi connectivity index (χ3v) is 0.617. The SMILES string of the molecule is COCC=C[B-](F)(F)F.[K+]. The Hall–Kier alpha value is 1.19. The average Bonchev–Trinajstić information content (AvgIpc) is 1.63. The van der Waals surface area contributed by atoms with Crippen LogP contribution in [0.1, 0.15) is 0 Å². The van der Waals surface area contributed by atoms with Gasteiger partial charge >= 0.3 is 58.4 Å². The monoisotopic (exact) mass is 178 g/mol. The minimum absolute atomic E-state index is 0. The topological polar surface area (TPSA) is 9.23 Å². The van der Waals surface area contributed by atoms with Gasteiger partial charge in [0.05, 0.1) is 6.61 Å². The molecule has 0 rings (SSSR count). The summed E-state index contributed by atoms with van der Waals surface area (Å²) in [5.41, 5.74) is 0. The van der Waals surface area contributed by atoms with Crippen LogP contribution < -0.4 is 51.4 Å². The Labute approximate surface area is 100 Å². The van der Waals surface area contributed by atoms with Crippen LogP contribution in [0.25, 0.3) is 0 Å². The number of ether oxygens (including phenoxy) is 1. The number of hydrogen-bond acceptors (Lipinski definition) is 1. The van der Waals surface area contributed by atoms with E-state index in [0.29, 0.717) is 0 Å². The summed E-state index contributed by atoms with van der Waals surface area (Å²) in [7, 11) is 1.34. The molecule has 54 valence electrons. The summed E-state index contributed by atoms with van der Waals surface area (Å²) in [4.78, 5) is 0. The van der Waals surface area contributed by atoms with Gasteiger partial charge in [-0.25, -0.2) is 0 Å². The van der Waals surface area contributed by atoms with Crippen LogP contribution in [0.3, 0.4) is 0 Å². The van der Waals surface area contributed by atoms with E-state index in [2.05, 4.69) is 4.74 Å². The van der Waals surface area contributed by atoms with Crippen LogP contribution in [0, 0.1) is 0 Å². The molecule has 0 unspecified atom stereocenters. The van der Waals surface area contributed by atoms with Crippen molar-refractivity contribution in [2.75, 3.05) is 13.7 Å². The summed E-state index contributed by atoms with van der Waals surface area (Å²) >= 11 is 0. The molecule has 1 nitrogen and oxygen atoms in total.